The van der Waals surface area contributed by atoms with Crippen LogP contribution in [0.4, 0.5) is 0 Å². The van der Waals surface area contributed by atoms with Gasteiger partial charge in [-0.2, -0.15) is 0 Å². The Morgan fingerprint density at radius 3 is 1.54 bits per heavy atom. The summed E-state index contributed by atoms with van der Waals surface area (Å²) in [5.74, 6) is 0. The number of allylic oxidation sites excluding steroid dienone is 1. The highest BCUT2D eigenvalue weighted by Crippen LogP contribution is 2.17. The molecule has 0 aliphatic heterocycles. The molecule has 0 N–H and O–H groups in total. The molecular formula is C22H52O4Si2. The fourth-order valence-electron chi connectivity index (χ4n) is 2.33. The van der Waals surface area contributed by atoms with Gasteiger partial charge in [-0.3, -0.25) is 0 Å². The second kappa shape index (κ2) is 27.0. The highest BCUT2D eigenvalue weighted by molar-refractivity contribution is 6.65. The van der Waals surface area contributed by atoms with Gasteiger partial charge in [-0.15, -0.1) is 6.58 Å². The number of hydrogen-bond donors (Lipinski definition) is 0. The van der Waals surface area contributed by atoms with Crippen LogP contribution in [-0.2, 0) is 17.7 Å². The summed E-state index contributed by atoms with van der Waals surface area (Å²) in [4.78, 5) is 0. The zero-order chi connectivity index (χ0) is 22.1. The third-order valence-corrected chi connectivity index (χ3v) is 9.09. The minimum Gasteiger partial charge on any atom is -0.400 e. The van der Waals surface area contributed by atoms with E-state index in [1.54, 1.807) is 28.4 Å². The smallest absolute Gasteiger partial charge is 0.334 e. The van der Waals surface area contributed by atoms with E-state index < -0.39 is 17.8 Å². The van der Waals surface area contributed by atoms with Gasteiger partial charge in [0.05, 0.1) is 0 Å². The summed E-state index contributed by atoms with van der Waals surface area (Å²) < 4.78 is 20.5. The van der Waals surface area contributed by atoms with Crippen LogP contribution < -0.4 is 0 Å². The third kappa shape index (κ3) is 28.2. The van der Waals surface area contributed by atoms with Gasteiger partial charge in [-0.25, -0.2) is 0 Å². The zero-order valence-electron chi connectivity index (χ0n) is 20.5. The van der Waals surface area contributed by atoms with Gasteiger partial charge in [0, 0.05) is 28.4 Å². The Morgan fingerprint density at radius 1 is 0.750 bits per heavy atom. The molecule has 0 aromatic rings. The number of unbranched alkanes of at least 4 members (excludes halogenated alkanes) is 9. The molecule has 28 heavy (non-hydrogen) atoms. The van der Waals surface area contributed by atoms with Gasteiger partial charge in [0.1, 0.15) is 0 Å². The molecular weight excluding hydrogens is 384 g/mol. The van der Waals surface area contributed by atoms with Crippen LogP contribution in [0.3, 0.4) is 0 Å². The first-order valence-electron chi connectivity index (χ1n) is 11.2. The molecule has 0 aliphatic rings. The monoisotopic (exact) mass is 436 g/mol. The lowest BCUT2D eigenvalue weighted by atomic mass is 10.1. The van der Waals surface area contributed by atoms with Gasteiger partial charge in [-0.05, 0) is 32.0 Å². The summed E-state index contributed by atoms with van der Waals surface area (Å²) in [6.07, 6.45) is 16.6. The van der Waals surface area contributed by atoms with Crippen molar-refractivity contribution in [2.45, 2.75) is 104 Å². The topological polar surface area (TPSA) is 36.9 Å². The van der Waals surface area contributed by atoms with E-state index in [1.807, 2.05) is 12.6 Å². The van der Waals surface area contributed by atoms with Crippen molar-refractivity contribution < 1.29 is 17.7 Å². The molecule has 0 aromatic heterocycles. The van der Waals surface area contributed by atoms with Gasteiger partial charge in [0.2, 0.25) is 0 Å². The van der Waals surface area contributed by atoms with Gasteiger partial charge >= 0.3 is 17.8 Å². The molecule has 0 saturated carbocycles. The Balaban J connectivity index is -0.000000376. The van der Waals surface area contributed by atoms with Crippen LogP contribution in [0.1, 0.15) is 84.5 Å². The second-order valence-electron chi connectivity index (χ2n) is 7.24. The van der Waals surface area contributed by atoms with E-state index >= 15 is 0 Å². The van der Waals surface area contributed by atoms with Crippen molar-refractivity contribution in [2.75, 3.05) is 28.4 Å². The first kappa shape index (κ1) is 32.7. The maximum absolute atomic E-state index is 5.43. The molecule has 0 heterocycles. The highest BCUT2D eigenvalue weighted by atomic mass is 28.4. The van der Waals surface area contributed by atoms with E-state index in [1.165, 1.54) is 70.6 Å². The Morgan fingerprint density at radius 2 is 1.18 bits per heavy atom. The van der Waals surface area contributed by atoms with E-state index in [4.69, 9.17) is 17.7 Å². The Labute approximate surface area is 180 Å². The summed E-state index contributed by atoms with van der Waals surface area (Å²) in [5.41, 5.74) is 0. The fourth-order valence-corrected chi connectivity index (χ4v) is 3.99. The zero-order valence-corrected chi connectivity index (χ0v) is 22.6. The summed E-state index contributed by atoms with van der Waals surface area (Å²) >= 11 is 0. The molecule has 0 radical (unpaired) electrons. The van der Waals surface area contributed by atoms with Crippen LogP contribution in [0.2, 0.25) is 19.1 Å². The Hall–Kier alpha value is 0.0138. The predicted molar refractivity (Wildman–Crippen MR) is 130 cm³/mol. The van der Waals surface area contributed by atoms with Crippen LogP contribution in [0.25, 0.3) is 0 Å². The molecule has 172 valence electrons. The summed E-state index contributed by atoms with van der Waals surface area (Å²) in [7, 11) is 3.95. The normalized spacial score (nSPS) is 10.8. The van der Waals surface area contributed by atoms with Crippen LogP contribution in [0, 0.1) is 0 Å². The van der Waals surface area contributed by atoms with Crippen LogP contribution in [0.15, 0.2) is 12.7 Å². The van der Waals surface area contributed by atoms with E-state index in [2.05, 4.69) is 27.0 Å². The molecule has 0 spiro atoms. The lowest BCUT2D eigenvalue weighted by molar-refractivity contribution is 0.248. The number of rotatable bonds is 16. The van der Waals surface area contributed by atoms with Gasteiger partial charge in [0.25, 0.3) is 0 Å². The molecule has 0 aromatic carbocycles. The summed E-state index contributed by atoms with van der Waals surface area (Å²) in [5, 5.41) is 0. The predicted octanol–water partition coefficient (Wildman–Crippen LogP) is 6.98. The molecule has 0 amide bonds. The second-order valence-corrected chi connectivity index (χ2v) is 12.9. The average Bonchev–Trinajstić information content (AvgIpc) is 2.74. The maximum atomic E-state index is 5.43. The van der Waals surface area contributed by atoms with Crippen molar-refractivity contribution in [3.05, 3.63) is 12.7 Å². The lowest BCUT2D eigenvalue weighted by Gasteiger charge is -2.22. The Kier molecular flexibility index (Phi) is 31.5. The quantitative estimate of drug-likeness (QED) is 0.148. The average molecular weight is 437 g/mol. The van der Waals surface area contributed by atoms with E-state index in [-0.39, 0.29) is 0 Å². The molecule has 0 atom stereocenters. The van der Waals surface area contributed by atoms with Crippen LogP contribution >= 0.6 is 0 Å². The number of hydrogen-bond acceptors (Lipinski definition) is 4. The molecule has 0 saturated heterocycles. The fraction of sp³-hybridized carbons (Fsp3) is 0.909. The van der Waals surface area contributed by atoms with Gasteiger partial charge < -0.3 is 17.7 Å². The summed E-state index contributed by atoms with van der Waals surface area (Å²) in [6, 6.07) is 1.13. The van der Waals surface area contributed by atoms with Crippen molar-refractivity contribution in [1.82, 2.24) is 0 Å². The SMILES string of the molecule is C=CCCCCCC.CCCCCCCC[Si](C)(OC)OC.CO[SiH](C)OC. The molecule has 0 bridgehead atoms. The first-order valence-corrected chi connectivity index (χ1v) is 15.8. The molecule has 0 fully saturated rings. The van der Waals surface area contributed by atoms with Crippen LogP contribution in [-0.4, -0.2) is 46.3 Å². The van der Waals surface area contributed by atoms with Crippen molar-refractivity contribution in [3.63, 3.8) is 0 Å². The third-order valence-electron chi connectivity index (χ3n) is 4.77. The molecule has 6 heteroatoms. The molecule has 0 rings (SSSR count). The summed E-state index contributed by atoms with van der Waals surface area (Å²) in [6.45, 7) is 12.2. The molecule has 0 unspecified atom stereocenters. The van der Waals surface area contributed by atoms with E-state index in [0.717, 1.165) is 6.04 Å². The largest absolute Gasteiger partial charge is 0.400 e. The van der Waals surface area contributed by atoms with Gasteiger partial charge in [0.15, 0.2) is 0 Å². The highest BCUT2D eigenvalue weighted by Gasteiger charge is 2.27. The van der Waals surface area contributed by atoms with Gasteiger partial charge in [-0.1, -0.05) is 77.7 Å². The lowest BCUT2D eigenvalue weighted by Crippen LogP contribution is -2.35. The van der Waals surface area contributed by atoms with Crippen molar-refractivity contribution in [2.24, 2.45) is 0 Å². The Bertz CT molecular complexity index is 284. The van der Waals surface area contributed by atoms with E-state index in [0.29, 0.717) is 0 Å². The van der Waals surface area contributed by atoms with Crippen molar-refractivity contribution in [3.8, 4) is 0 Å². The first-order chi connectivity index (χ1) is 13.4. The molecule has 4 nitrogen and oxygen atoms in total. The van der Waals surface area contributed by atoms with E-state index in [9.17, 15) is 0 Å². The van der Waals surface area contributed by atoms with Crippen molar-refractivity contribution >= 4 is 17.8 Å². The molecule has 0 aliphatic carbocycles. The minimum absolute atomic E-state index is 1.13. The van der Waals surface area contributed by atoms with Crippen LogP contribution in [0.5, 0.6) is 0 Å². The standard InChI is InChI=1S/C11H26O2Si.C8H16.C3H10O2Si/c1-5-6-7-8-9-10-11-14(4,12-2)13-3;1-3-5-7-8-6-4-2;1-4-6(3)5-2/h5-11H2,1-4H3;3H,1,4-8H2,2H3;6H,1-3H3. The van der Waals surface area contributed by atoms with Crippen molar-refractivity contribution in [1.29, 1.82) is 0 Å². The maximum Gasteiger partial charge on any atom is 0.334 e. The minimum atomic E-state index is -1.77.